The van der Waals surface area contributed by atoms with Gasteiger partial charge in [-0.05, 0) is 49.2 Å². The number of hydrogen-bond donors (Lipinski definition) is 1. The van der Waals surface area contributed by atoms with Gasteiger partial charge in [-0.1, -0.05) is 42.5 Å². The van der Waals surface area contributed by atoms with Crippen LogP contribution in [0.25, 0.3) is 10.8 Å². The van der Waals surface area contributed by atoms with Crippen LogP contribution in [0.3, 0.4) is 0 Å². The Balaban J connectivity index is 0.00000192. The molecule has 0 aromatic heterocycles. The molecule has 0 spiro atoms. The zero-order valence-corrected chi connectivity index (χ0v) is 14.4. The first-order valence-corrected chi connectivity index (χ1v) is 8.23. The predicted octanol–water partition coefficient (Wildman–Crippen LogP) is 3.92. The fourth-order valence-electron chi connectivity index (χ4n) is 3.49. The van der Waals surface area contributed by atoms with Gasteiger partial charge < -0.3 is 10.2 Å². The molecule has 124 valence electrons. The van der Waals surface area contributed by atoms with Gasteiger partial charge >= 0.3 is 0 Å². The average molecular weight is 333 g/mol. The summed E-state index contributed by atoms with van der Waals surface area (Å²) < 4.78 is 0. The number of benzene rings is 2. The van der Waals surface area contributed by atoms with Crippen LogP contribution in [0.1, 0.15) is 37.3 Å². The number of carbonyl (C=O) groups excluding carboxylic acids is 1. The minimum Gasteiger partial charge on any atom is -0.336 e. The van der Waals surface area contributed by atoms with E-state index in [2.05, 4.69) is 52.7 Å². The van der Waals surface area contributed by atoms with Crippen LogP contribution in [0.15, 0.2) is 42.5 Å². The van der Waals surface area contributed by atoms with Crippen molar-refractivity contribution in [2.45, 2.75) is 31.7 Å². The minimum absolute atomic E-state index is 0. The van der Waals surface area contributed by atoms with E-state index in [1.165, 1.54) is 16.3 Å². The Morgan fingerprint density at radius 2 is 2.00 bits per heavy atom. The van der Waals surface area contributed by atoms with Gasteiger partial charge in [-0.25, -0.2) is 0 Å². The highest BCUT2D eigenvalue weighted by Crippen LogP contribution is 2.36. The molecule has 23 heavy (non-hydrogen) atoms. The molecule has 3 rings (SSSR count). The SMILES string of the molecule is CNCCCC(=O)N1CCCC1c1cccc2ccccc12.Cl. The molecule has 1 N–H and O–H groups in total. The Bertz CT molecular complexity index is 653. The molecule has 2 aromatic carbocycles. The van der Waals surface area contributed by atoms with Crippen molar-refractivity contribution in [1.82, 2.24) is 10.2 Å². The molecule has 1 unspecified atom stereocenters. The molecule has 1 saturated heterocycles. The van der Waals surface area contributed by atoms with Crippen LogP contribution in [0.4, 0.5) is 0 Å². The van der Waals surface area contributed by atoms with Gasteiger partial charge in [0.1, 0.15) is 0 Å². The highest BCUT2D eigenvalue weighted by Gasteiger charge is 2.30. The lowest BCUT2D eigenvalue weighted by atomic mass is 9.97. The number of nitrogens with one attached hydrogen (secondary N) is 1. The number of amides is 1. The van der Waals surface area contributed by atoms with Crippen molar-refractivity contribution in [2.24, 2.45) is 0 Å². The van der Waals surface area contributed by atoms with Gasteiger partial charge in [-0.2, -0.15) is 0 Å². The van der Waals surface area contributed by atoms with E-state index in [4.69, 9.17) is 0 Å². The summed E-state index contributed by atoms with van der Waals surface area (Å²) in [5.74, 6) is 0.297. The van der Waals surface area contributed by atoms with Crippen LogP contribution in [-0.4, -0.2) is 30.9 Å². The predicted molar refractivity (Wildman–Crippen MR) is 98.0 cm³/mol. The maximum absolute atomic E-state index is 12.5. The van der Waals surface area contributed by atoms with Gasteiger partial charge in [0.2, 0.25) is 5.91 Å². The third-order valence-electron chi connectivity index (χ3n) is 4.57. The maximum Gasteiger partial charge on any atom is 0.223 e. The van der Waals surface area contributed by atoms with Crippen LogP contribution >= 0.6 is 12.4 Å². The molecule has 1 amide bonds. The molecule has 0 bridgehead atoms. The first kappa shape index (κ1) is 17.8. The zero-order chi connectivity index (χ0) is 15.4. The Morgan fingerprint density at radius 1 is 1.22 bits per heavy atom. The van der Waals surface area contributed by atoms with Crippen molar-refractivity contribution in [3.05, 3.63) is 48.0 Å². The Labute approximate surface area is 144 Å². The molecule has 1 aliphatic rings. The highest BCUT2D eigenvalue weighted by molar-refractivity contribution is 5.87. The molecule has 2 aromatic rings. The second-order valence-electron chi connectivity index (χ2n) is 6.02. The molecular weight excluding hydrogens is 308 g/mol. The molecule has 1 atom stereocenters. The van der Waals surface area contributed by atoms with E-state index in [1.54, 1.807) is 0 Å². The summed E-state index contributed by atoms with van der Waals surface area (Å²) in [6.45, 7) is 1.80. The first-order valence-electron chi connectivity index (χ1n) is 8.23. The minimum atomic E-state index is 0. The number of fused-ring (bicyclic) bond motifs is 1. The molecular formula is C19H25ClN2O. The number of halogens is 1. The summed E-state index contributed by atoms with van der Waals surface area (Å²) in [4.78, 5) is 14.6. The van der Waals surface area contributed by atoms with Gasteiger partial charge in [0, 0.05) is 13.0 Å². The van der Waals surface area contributed by atoms with Crippen molar-refractivity contribution < 1.29 is 4.79 Å². The Kier molecular flexibility index (Phi) is 6.43. The van der Waals surface area contributed by atoms with Gasteiger partial charge in [-0.3, -0.25) is 4.79 Å². The van der Waals surface area contributed by atoms with Crippen LogP contribution in [0.5, 0.6) is 0 Å². The molecule has 1 fully saturated rings. The monoisotopic (exact) mass is 332 g/mol. The zero-order valence-electron chi connectivity index (χ0n) is 13.6. The van der Waals surface area contributed by atoms with E-state index >= 15 is 0 Å². The first-order chi connectivity index (χ1) is 10.8. The fraction of sp³-hybridized carbons (Fsp3) is 0.421. The number of hydrogen-bond acceptors (Lipinski definition) is 2. The molecule has 3 nitrogen and oxygen atoms in total. The van der Waals surface area contributed by atoms with Crippen molar-refractivity contribution in [3.63, 3.8) is 0 Å². The van der Waals surface area contributed by atoms with E-state index in [1.807, 2.05) is 7.05 Å². The smallest absolute Gasteiger partial charge is 0.223 e. The summed E-state index contributed by atoms with van der Waals surface area (Å²) in [5, 5.41) is 5.65. The lowest BCUT2D eigenvalue weighted by Gasteiger charge is -2.26. The van der Waals surface area contributed by atoms with E-state index in [-0.39, 0.29) is 18.4 Å². The van der Waals surface area contributed by atoms with Crippen molar-refractivity contribution in [2.75, 3.05) is 20.1 Å². The van der Waals surface area contributed by atoms with Gasteiger partial charge in [0.25, 0.3) is 0 Å². The lowest BCUT2D eigenvalue weighted by molar-refractivity contribution is -0.132. The number of rotatable bonds is 5. The largest absolute Gasteiger partial charge is 0.336 e. The van der Waals surface area contributed by atoms with Crippen molar-refractivity contribution in [3.8, 4) is 0 Å². The number of likely N-dealkylation sites (tertiary alicyclic amines) is 1. The second kappa shape index (κ2) is 8.32. The van der Waals surface area contributed by atoms with Crippen LogP contribution < -0.4 is 5.32 Å². The molecule has 0 saturated carbocycles. The second-order valence-corrected chi connectivity index (χ2v) is 6.02. The van der Waals surface area contributed by atoms with Gasteiger partial charge in [-0.15, -0.1) is 12.4 Å². The normalized spacial score (nSPS) is 17.3. The lowest BCUT2D eigenvalue weighted by Crippen LogP contribution is -2.31. The molecule has 0 radical (unpaired) electrons. The average Bonchev–Trinajstić information content (AvgIpc) is 3.04. The summed E-state index contributed by atoms with van der Waals surface area (Å²) in [6, 6.07) is 15.2. The number of carbonyl (C=O) groups is 1. The van der Waals surface area contributed by atoms with E-state index in [0.29, 0.717) is 12.3 Å². The summed E-state index contributed by atoms with van der Waals surface area (Å²) >= 11 is 0. The quantitative estimate of drug-likeness (QED) is 0.841. The van der Waals surface area contributed by atoms with Crippen LogP contribution in [0, 0.1) is 0 Å². The van der Waals surface area contributed by atoms with Crippen LogP contribution in [-0.2, 0) is 4.79 Å². The molecule has 1 heterocycles. The van der Waals surface area contributed by atoms with E-state index < -0.39 is 0 Å². The summed E-state index contributed by atoms with van der Waals surface area (Å²) in [5.41, 5.74) is 1.30. The summed E-state index contributed by atoms with van der Waals surface area (Å²) in [6.07, 6.45) is 3.73. The van der Waals surface area contributed by atoms with Crippen LogP contribution in [0.2, 0.25) is 0 Å². The third-order valence-corrected chi connectivity index (χ3v) is 4.57. The maximum atomic E-state index is 12.5. The van der Waals surface area contributed by atoms with E-state index in [9.17, 15) is 4.79 Å². The molecule has 1 aliphatic heterocycles. The van der Waals surface area contributed by atoms with E-state index in [0.717, 1.165) is 32.4 Å². The fourth-order valence-corrected chi connectivity index (χ4v) is 3.49. The highest BCUT2D eigenvalue weighted by atomic mass is 35.5. The molecule has 0 aliphatic carbocycles. The van der Waals surface area contributed by atoms with Crippen molar-refractivity contribution in [1.29, 1.82) is 0 Å². The standard InChI is InChI=1S/C19H24N2O.ClH/c1-20-13-5-12-19(22)21-14-6-11-18(21)17-10-4-8-15-7-2-3-9-16(15)17;/h2-4,7-10,18,20H,5-6,11-14H2,1H3;1H. The Morgan fingerprint density at radius 3 is 2.83 bits per heavy atom. The third kappa shape index (κ3) is 3.85. The van der Waals surface area contributed by atoms with Gasteiger partial charge in [0.05, 0.1) is 6.04 Å². The molecule has 4 heteroatoms. The van der Waals surface area contributed by atoms with Gasteiger partial charge in [0.15, 0.2) is 0 Å². The Hall–Kier alpha value is -1.58. The number of nitrogens with zero attached hydrogens (tertiary/aromatic N) is 1. The van der Waals surface area contributed by atoms with Crippen molar-refractivity contribution >= 4 is 29.1 Å². The topological polar surface area (TPSA) is 32.3 Å². The summed E-state index contributed by atoms with van der Waals surface area (Å²) in [7, 11) is 1.93.